The summed E-state index contributed by atoms with van der Waals surface area (Å²) < 4.78 is 13.4. The minimum Gasteiger partial charge on any atom is -0.342 e. The number of nitrogens with zero attached hydrogens (tertiary/aromatic N) is 1. The van der Waals surface area contributed by atoms with E-state index in [9.17, 15) is 14.0 Å². The van der Waals surface area contributed by atoms with Gasteiger partial charge >= 0.3 is 0 Å². The van der Waals surface area contributed by atoms with E-state index in [1.165, 1.54) is 12.1 Å². The molecule has 21 heavy (non-hydrogen) atoms. The molecular formula is C15H22FN3O2. The fourth-order valence-electron chi connectivity index (χ4n) is 1.90. The van der Waals surface area contributed by atoms with E-state index in [2.05, 4.69) is 10.6 Å². The van der Waals surface area contributed by atoms with Crippen LogP contribution in [0, 0.1) is 5.82 Å². The van der Waals surface area contributed by atoms with E-state index in [-0.39, 0.29) is 24.0 Å². The molecular weight excluding hydrogens is 273 g/mol. The number of hydrogen-bond acceptors (Lipinski definition) is 3. The molecule has 0 aromatic heterocycles. The van der Waals surface area contributed by atoms with Crippen molar-refractivity contribution in [3.05, 3.63) is 30.1 Å². The zero-order chi connectivity index (χ0) is 15.8. The molecule has 6 heteroatoms. The molecule has 1 rings (SSSR count). The summed E-state index contributed by atoms with van der Waals surface area (Å²) >= 11 is 0. The predicted molar refractivity (Wildman–Crippen MR) is 80.4 cm³/mol. The van der Waals surface area contributed by atoms with Crippen LogP contribution in [0.1, 0.15) is 20.8 Å². The van der Waals surface area contributed by atoms with Gasteiger partial charge < -0.3 is 10.2 Å². The molecule has 1 aromatic carbocycles. The Balaban J connectivity index is 2.46. The first-order chi connectivity index (χ1) is 9.99. The van der Waals surface area contributed by atoms with Crippen LogP contribution in [0.25, 0.3) is 0 Å². The van der Waals surface area contributed by atoms with Crippen LogP contribution in [-0.2, 0) is 9.59 Å². The molecule has 0 aliphatic heterocycles. The van der Waals surface area contributed by atoms with Gasteiger partial charge in [-0.05, 0) is 32.9 Å². The van der Waals surface area contributed by atoms with E-state index in [0.29, 0.717) is 13.1 Å². The summed E-state index contributed by atoms with van der Waals surface area (Å²) in [4.78, 5) is 25.4. The number of likely N-dealkylation sites (N-methyl/N-ethyl adjacent to an activating group) is 1. The maximum Gasteiger partial charge on any atom is 0.239 e. The molecule has 0 spiro atoms. The first kappa shape index (κ1) is 17.1. The Bertz CT molecular complexity index is 490. The zero-order valence-corrected chi connectivity index (χ0v) is 12.6. The van der Waals surface area contributed by atoms with Crippen molar-refractivity contribution in [2.24, 2.45) is 0 Å². The summed E-state index contributed by atoms with van der Waals surface area (Å²) in [6, 6.07) is 5.48. The molecule has 1 atom stereocenters. The number of nitrogens with one attached hydrogen (secondary N) is 2. The lowest BCUT2D eigenvalue weighted by Gasteiger charge is -2.23. The van der Waals surface area contributed by atoms with Crippen LogP contribution in [0.4, 0.5) is 10.1 Å². The van der Waals surface area contributed by atoms with E-state index in [1.54, 1.807) is 24.0 Å². The van der Waals surface area contributed by atoms with Gasteiger partial charge in [0, 0.05) is 13.1 Å². The maximum atomic E-state index is 13.4. The smallest absolute Gasteiger partial charge is 0.239 e. The van der Waals surface area contributed by atoms with Gasteiger partial charge in [0.2, 0.25) is 11.8 Å². The molecule has 116 valence electrons. The second-order valence-electron chi connectivity index (χ2n) is 4.64. The van der Waals surface area contributed by atoms with Crippen LogP contribution in [0.15, 0.2) is 24.3 Å². The average molecular weight is 295 g/mol. The predicted octanol–water partition coefficient (Wildman–Crippen LogP) is 1.61. The Kier molecular flexibility index (Phi) is 6.81. The van der Waals surface area contributed by atoms with Crippen molar-refractivity contribution in [2.45, 2.75) is 26.8 Å². The summed E-state index contributed by atoms with van der Waals surface area (Å²) in [5, 5.41) is 5.31. The molecule has 0 fully saturated rings. The second-order valence-corrected chi connectivity index (χ2v) is 4.64. The van der Waals surface area contributed by atoms with Crippen molar-refractivity contribution >= 4 is 17.5 Å². The highest BCUT2D eigenvalue weighted by atomic mass is 19.1. The molecule has 0 radical (unpaired) electrons. The standard InChI is InChI=1S/C15H22FN3O2/c1-4-19(5-2)15(21)11(3)17-10-14(20)18-13-9-7-6-8-12(13)16/h6-9,11,17H,4-5,10H2,1-3H3,(H,18,20). The van der Waals surface area contributed by atoms with Crippen molar-refractivity contribution in [1.29, 1.82) is 0 Å². The van der Waals surface area contributed by atoms with Crippen molar-refractivity contribution in [1.82, 2.24) is 10.2 Å². The van der Waals surface area contributed by atoms with E-state index in [1.807, 2.05) is 13.8 Å². The third-order valence-electron chi connectivity index (χ3n) is 3.16. The molecule has 0 saturated carbocycles. The Morgan fingerprint density at radius 3 is 2.43 bits per heavy atom. The summed E-state index contributed by atoms with van der Waals surface area (Å²) in [5.41, 5.74) is 0.132. The topological polar surface area (TPSA) is 61.4 Å². The largest absolute Gasteiger partial charge is 0.342 e. The minimum atomic E-state index is -0.488. The fraction of sp³-hybridized carbons (Fsp3) is 0.467. The number of carbonyl (C=O) groups excluding carboxylic acids is 2. The normalized spacial score (nSPS) is 11.8. The number of rotatable bonds is 7. The summed E-state index contributed by atoms with van der Waals surface area (Å²) in [6.45, 7) is 6.71. The van der Waals surface area contributed by atoms with Crippen LogP contribution in [0.2, 0.25) is 0 Å². The van der Waals surface area contributed by atoms with Crippen LogP contribution in [-0.4, -0.2) is 42.4 Å². The molecule has 0 aliphatic carbocycles. The third-order valence-corrected chi connectivity index (χ3v) is 3.16. The summed E-state index contributed by atoms with van der Waals surface area (Å²) in [5.74, 6) is -0.934. The lowest BCUT2D eigenvalue weighted by Crippen LogP contribution is -2.46. The quantitative estimate of drug-likeness (QED) is 0.803. The maximum absolute atomic E-state index is 13.4. The minimum absolute atomic E-state index is 0.0531. The average Bonchev–Trinajstić information content (AvgIpc) is 2.48. The van der Waals surface area contributed by atoms with Gasteiger partial charge in [-0.1, -0.05) is 12.1 Å². The van der Waals surface area contributed by atoms with Crippen LogP contribution in [0.3, 0.4) is 0 Å². The number of benzene rings is 1. The highest BCUT2D eigenvalue weighted by Crippen LogP contribution is 2.11. The third kappa shape index (κ3) is 5.15. The number of carbonyl (C=O) groups is 2. The number of amides is 2. The van der Waals surface area contributed by atoms with Gasteiger partial charge in [-0.25, -0.2) is 4.39 Å². The lowest BCUT2D eigenvalue weighted by atomic mass is 10.2. The zero-order valence-electron chi connectivity index (χ0n) is 12.6. The van der Waals surface area contributed by atoms with Gasteiger partial charge in [0.15, 0.2) is 0 Å². The number of hydrogen-bond donors (Lipinski definition) is 2. The monoisotopic (exact) mass is 295 g/mol. The van der Waals surface area contributed by atoms with E-state index >= 15 is 0 Å². The van der Waals surface area contributed by atoms with Crippen molar-refractivity contribution in [3.63, 3.8) is 0 Å². The molecule has 0 heterocycles. The highest BCUT2D eigenvalue weighted by molar-refractivity contribution is 5.93. The van der Waals surface area contributed by atoms with Crippen LogP contribution >= 0.6 is 0 Å². The molecule has 2 N–H and O–H groups in total. The molecule has 0 bridgehead atoms. The Hall–Kier alpha value is -1.95. The highest BCUT2D eigenvalue weighted by Gasteiger charge is 2.18. The van der Waals surface area contributed by atoms with Gasteiger partial charge in [-0.3, -0.25) is 14.9 Å². The second kappa shape index (κ2) is 8.36. The molecule has 2 amide bonds. The lowest BCUT2D eigenvalue weighted by molar-refractivity contribution is -0.132. The molecule has 1 aromatic rings. The summed E-state index contributed by atoms with van der Waals surface area (Å²) in [7, 11) is 0. The van der Waals surface area contributed by atoms with Gasteiger partial charge in [0.1, 0.15) is 5.82 Å². The fourth-order valence-corrected chi connectivity index (χ4v) is 1.90. The molecule has 1 unspecified atom stereocenters. The van der Waals surface area contributed by atoms with Gasteiger partial charge in [-0.2, -0.15) is 0 Å². The SMILES string of the molecule is CCN(CC)C(=O)C(C)NCC(=O)Nc1ccccc1F. The number of anilines is 1. The van der Waals surface area contributed by atoms with Crippen molar-refractivity contribution < 1.29 is 14.0 Å². The van der Waals surface area contributed by atoms with Gasteiger partial charge in [-0.15, -0.1) is 0 Å². The van der Waals surface area contributed by atoms with E-state index in [0.717, 1.165) is 0 Å². The Morgan fingerprint density at radius 2 is 1.86 bits per heavy atom. The van der Waals surface area contributed by atoms with E-state index < -0.39 is 11.9 Å². The Labute approximate surface area is 124 Å². The summed E-state index contributed by atoms with van der Waals surface area (Å²) in [6.07, 6.45) is 0. The first-order valence-corrected chi connectivity index (χ1v) is 7.06. The van der Waals surface area contributed by atoms with Crippen LogP contribution < -0.4 is 10.6 Å². The molecule has 0 aliphatic rings. The van der Waals surface area contributed by atoms with Crippen LogP contribution in [0.5, 0.6) is 0 Å². The molecule has 5 nitrogen and oxygen atoms in total. The van der Waals surface area contributed by atoms with E-state index in [4.69, 9.17) is 0 Å². The van der Waals surface area contributed by atoms with Crippen molar-refractivity contribution in [2.75, 3.05) is 25.0 Å². The van der Waals surface area contributed by atoms with Crippen molar-refractivity contribution in [3.8, 4) is 0 Å². The Morgan fingerprint density at radius 1 is 1.24 bits per heavy atom. The molecule has 0 saturated heterocycles. The number of para-hydroxylation sites is 1. The first-order valence-electron chi connectivity index (χ1n) is 7.06. The van der Waals surface area contributed by atoms with Gasteiger partial charge in [0.25, 0.3) is 0 Å². The van der Waals surface area contributed by atoms with Gasteiger partial charge in [0.05, 0.1) is 18.3 Å². The number of halogens is 1.